The van der Waals surface area contributed by atoms with Crippen LogP contribution in [0.4, 0.5) is 5.69 Å². The van der Waals surface area contributed by atoms with Gasteiger partial charge in [-0.15, -0.1) is 0 Å². The van der Waals surface area contributed by atoms with E-state index in [2.05, 4.69) is 15.3 Å². The number of H-pyrrole nitrogens is 1. The minimum Gasteiger partial charge on any atom is -0.497 e. The highest BCUT2D eigenvalue weighted by atomic mass is 32.2. The summed E-state index contributed by atoms with van der Waals surface area (Å²) in [7, 11) is 3.09. The molecular formula is C18H23N3O4S. The molecule has 2 aromatic rings. The molecule has 2 N–H and O–H groups in total. The van der Waals surface area contributed by atoms with Gasteiger partial charge in [-0.05, 0) is 25.0 Å². The third-order valence-corrected chi connectivity index (χ3v) is 4.97. The van der Waals surface area contributed by atoms with Crippen LogP contribution in [-0.2, 0) is 11.2 Å². The molecule has 7 nitrogen and oxygen atoms in total. The fraction of sp³-hybridized carbons (Fsp3) is 0.389. The molecule has 1 amide bonds. The van der Waals surface area contributed by atoms with Crippen LogP contribution in [0.25, 0.3) is 0 Å². The first-order valence-electron chi connectivity index (χ1n) is 8.30. The molecule has 0 saturated heterocycles. The summed E-state index contributed by atoms with van der Waals surface area (Å²) in [5.74, 6) is 0.960. The van der Waals surface area contributed by atoms with Crippen LogP contribution in [-0.4, -0.2) is 35.3 Å². The number of nitrogens with zero attached hydrogens (tertiary/aromatic N) is 1. The Hall–Kier alpha value is -2.48. The standard InChI is InChI=1S/C18H23N3O4S/c1-5-11-9-16(22)21-18(19-11)26-15(6-2)17(23)20-13-8-7-12(24-3)10-14(13)25-4/h7-10,15H,5-6H2,1-4H3,(H,20,23)(H,19,21,22). The number of nitrogens with one attached hydrogen (secondary N) is 2. The van der Waals surface area contributed by atoms with E-state index in [0.29, 0.717) is 40.9 Å². The van der Waals surface area contributed by atoms with Gasteiger partial charge in [-0.25, -0.2) is 4.98 Å². The smallest absolute Gasteiger partial charge is 0.251 e. The number of carbonyl (C=O) groups excluding carboxylic acids is 1. The van der Waals surface area contributed by atoms with E-state index < -0.39 is 5.25 Å². The number of aromatic amines is 1. The lowest BCUT2D eigenvalue weighted by atomic mass is 10.2. The van der Waals surface area contributed by atoms with E-state index in [0.717, 1.165) is 0 Å². The van der Waals surface area contributed by atoms with Crippen LogP contribution in [0.15, 0.2) is 34.2 Å². The SMILES string of the molecule is CCc1cc(=O)[nH]c(SC(CC)C(=O)Nc2ccc(OC)cc2OC)n1. The molecule has 1 unspecified atom stereocenters. The van der Waals surface area contributed by atoms with Gasteiger partial charge in [0.25, 0.3) is 5.56 Å². The molecule has 0 bridgehead atoms. The highest BCUT2D eigenvalue weighted by Crippen LogP contribution is 2.30. The highest BCUT2D eigenvalue weighted by Gasteiger charge is 2.21. The predicted octanol–water partition coefficient (Wildman–Crippen LogP) is 2.86. The lowest BCUT2D eigenvalue weighted by Crippen LogP contribution is -2.25. The number of hydrogen-bond acceptors (Lipinski definition) is 6. The topological polar surface area (TPSA) is 93.3 Å². The van der Waals surface area contributed by atoms with Gasteiger partial charge in [-0.3, -0.25) is 9.59 Å². The second kappa shape index (κ2) is 9.28. The minimum atomic E-state index is -0.405. The van der Waals surface area contributed by atoms with Gasteiger partial charge >= 0.3 is 0 Å². The summed E-state index contributed by atoms with van der Waals surface area (Å²) < 4.78 is 10.5. The Balaban J connectivity index is 2.16. The molecular weight excluding hydrogens is 354 g/mol. The minimum absolute atomic E-state index is 0.189. The summed E-state index contributed by atoms with van der Waals surface area (Å²) in [5, 5.41) is 2.90. The number of rotatable bonds is 8. The number of anilines is 1. The molecule has 1 heterocycles. The van der Waals surface area contributed by atoms with Crippen molar-refractivity contribution in [3.8, 4) is 11.5 Å². The lowest BCUT2D eigenvalue weighted by Gasteiger charge is -2.16. The van der Waals surface area contributed by atoms with E-state index in [1.165, 1.54) is 24.9 Å². The molecule has 26 heavy (non-hydrogen) atoms. The van der Waals surface area contributed by atoms with Gasteiger partial charge in [0, 0.05) is 17.8 Å². The van der Waals surface area contributed by atoms with Crippen molar-refractivity contribution in [2.75, 3.05) is 19.5 Å². The van der Waals surface area contributed by atoms with Crippen molar-refractivity contribution < 1.29 is 14.3 Å². The number of ether oxygens (including phenoxy) is 2. The maximum atomic E-state index is 12.7. The average molecular weight is 377 g/mol. The van der Waals surface area contributed by atoms with Crippen LogP contribution in [0.1, 0.15) is 26.0 Å². The molecule has 0 radical (unpaired) electrons. The van der Waals surface area contributed by atoms with Crippen molar-refractivity contribution in [3.05, 3.63) is 40.3 Å². The first kappa shape index (κ1) is 19.8. The molecule has 0 fully saturated rings. The highest BCUT2D eigenvalue weighted by molar-refractivity contribution is 8.00. The lowest BCUT2D eigenvalue weighted by molar-refractivity contribution is -0.115. The van der Waals surface area contributed by atoms with Crippen molar-refractivity contribution in [3.63, 3.8) is 0 Å². The second-order valence-electron chi connectivity index (χ2n) is 5.47. The van der Waals surface area contributed by atoms with Crippen LogP contribution in [0.2, 0.25) is 0 Å². The van der Waals surface area contributed by atoms with Gasteiger partial charge in [0.05, 0.1) is 25.2 Å². The van der Waals surface area contributed by atoms with E-state index in [1.807, 2.05) is 13.8 Å². The molecule has 0 saturated carbocycles. The predicted molar refractivity (Wildman–Crippen MR) is 102 cm³/mol. The van der Waals surface area contributed by atoms with Crippen LogP contribution in [0, 0.1) is 0 Å². The summed E-state index contributed by atoms with van der Waals surface area (Å²) >= 11 is 1.24. The molecule has 1 aromatic heterocycles. The van der Waals surface area contributed by atoms with E-state index in [4.69, 9.17) is 9.47 Å². The zero-order chi connectivity index (χ0) is 19.1. The first-order chi connectivity index (χ1) is 12.5. The van der Waals surface area contributed by atoms with Crippen molar-refractivity contribution in [1.29, 1.82) is 0 Å². The molecule has 2 rings (SSSR count). The molecule has 0 aliphatic rings. The van der Waals surface area contributed by atoms with Crippen LogP contribution in [0.3, 0.4) is 0 Å². The van der Waals surface area contributed by atoms with Crippen molar-refractivity contribution in [2.45, 2.75) is 37.1 Å². The zero-order valence-corrected chi connectivity index (χ0v) is 16.1. The Bertz CT molecular complexity index is 822. The number of hydrogen-bond donors (Lipinski definition) is 2. The summed E-state index contributed by atoms with van der Waals surface area (Å²) in [5.41, 5.74) is 1.04. The van der Waals surface area contributed by atoms with Crippen LogP contribution < -0.4 is 20.3 Å². The number of carbonyl (C=O) groups is 1. The third kappa shape index (κ3) is 5.01. The van der Waals surface area contributed by atoms with Crippen LogP contribution in [0.5, 0.6) is 11.5 Å². The Morgan fingerprint density at radius 2 is 2.04 bits per heavy atom. The fourth-order valence-corrected chi connectivity index (χ4v) is 3.22. The van der Waals surface area contributed by atoms with E-state index in [-0.39, 0.29) is 11.5 Å². The van der Waals surface area contributed by atoms with E-state index in [9.17, 15) is 9.59 Å². The number of aryl methyl sites for hydroxylation is 1. The van der Waals surface area contributed by atoms with Gasteiger partial charge in [-0.2, -0.15) is 0 Å². The van der Waals surface area contributed by atoms with E-state index >= 15 is 0 Å². The largest absolute Gasteiger partial charge is 0.497 e. The Labute approximate surface area is 156 Å². The molecule has 0 aliphatic heterocycles. The van der Waals surface area contributed by atoms with Gasteiger partial charge in [0.15, 0.2) is 5.16 Å². The monoisotopic (exact) mass is 377 g/mol. The van der Waals surface area contributed by atoms with Gasteiger partial charge in [-0.1, -0.05) is 25.6 Å². The van der Waals surface area contributed by atoms with Gasteiger partial charge < -0.3 is 19.8 Å². The number of aromatic nitrogens is 2. The fourth-order valence-electron chi connectivity index (χ4n) is 2.29. The summed E-state index contributed by atoms with van der Waals surface area (Å²) in [4.78, 5) is 31.4. The maximum Gasteiger partial charge on any atom is 0.251 e. The number of benzene rings is 1. The Morgan fingerprint density at radius 1 is 1.27 bits per heavy atom. The molecule has 1 aromatic carbocycles. The number of thioether (sulfide) groups is 1. The summed E-state index contributed by atoms with van der Waals surface area (Å²) in [6.07, 6.45) is 1.23. The van der Waals surface area contributed by atoms with Crippen molar-refractivity contribution >= 4 is 23.4 Å². The Kier molecular flexibility index (Phi) is 7.08. The quantitative estimate of drug-likeness (QED) is 0.543. The summed E-state index contributed by atoms with van der Waals surface area (Å²) in [6.45, 7) is 3.83. The third-order valence-electron chi connectivity index (χ3n) is 3.72. The zero-order valence-electron chi connectivity index (χ0n) is 15.3. The number of methoxy groups -OCH3 is 2. The van der Waals surface area contributed by atoms with E-state index in [1.54, 1.807) is 25.3 Å². The Morgan fingerprint density at radius 3 is 2.65 bits per heavy atom. The molecule has 140 valence electrons. The van der Waals surface area contributed by atoms with Crippen molar-refractivity contribution in [2.24, 2.45) is 0 Å². The van der Waals surface area contributed by atoms with Gasteiger partial charge in [0.1, 0.15) is 11.5 Å². The molecule has 0 spiro atoms. The maximum absolute atomic E-state index is 12.7. The van der Waals surface area contributed by atoms with Crippen LogP contribution >= 0.6 is 11.8 Å². The normalized spacial score (nSPS) is 11.7. The molecule has 1 atom stereocenters. The molecule has 8 heteroatoms. The summed E-state index contributed by atoms with van der Waals surface area (Å²) in [6, 6.07) is 6.64. The van der Waals surface area contributed by atoms with Gasteiger partial charge in [0.2, 0.25) is 5.91 Å². The second-order valence-corrected chi connectivity index (χ2v) is 6.66. The number of amides is 1. The van der Waals surface area contributed by atoms with Crippen molar-refractivity contribution in [1.82, 2.24) is 9.97 Å². The first-order valence-corrected chi connectivity index (χ1v) is 9.18. The average Bonchev–Trinajstić information content (AvgIpc) is 2.65. The molecule has 0 aliphatic carbocycles.